The second-order valence-corrected chi connectivity index (χ2v) is 7.10. The van der Waals surface area contributed by atoms with E-state index < -0.39 is 10.5 Å². The van der Waals surface area contributed by atoms with Crippen molar-refractivity contribution in [3.05, 3.63) is 79.8 Å². The normalized spacial score (nSPS) is 10.2. The van der Waals surface area contributed by atoms with Gasteiger partial charge in [0.25, 0.3) is 11.2 Å². The van der Waals surface area contributed by atoms with E-state index in [0.29, 0.717) is 17.1 Å². The number of rotatable bonds is 9. The summed E-state index contributed by atoms with van der Waals surface area (Å²) < 4.78 is 10.5. The van der Waals surface area contributed by atoms with Crippen LogP contribution in [0.15, 0.2) is 52.4 Å². The highest BCUT2D eigenvalue weighted by Gasteiger charge is 2.09. The van der Waals surface area contributed by atoms with Crippen molar-refractivity contribution < 1.29 is 19.2 Å². The van der Waals surface area contributed by atoms with Crippen LogP contribution < -0.4 is 20.5 Å². The average Bonchev–Trinajstić information content (AvgIpc) is 2.86. The molecular weight excluding hydrogens is 458 g/mol. The van der Waals surface area contributed by atoms with E-state index in [1.54, 1.807) is 45.5 Å². The molecule has 2 aromatic carbocycles. The Balaban J connectivity index is 0.000000784. The monoisotopic (exact) mass is 483 g/mol. The summed E-state index contributed by atoms with van der Waals surface area (Å²) in [5.41, 5.74) is 3.81. The lowest BCUT2D eigenvalue weighted by atomic mass is 10.1. The summed E-state index contributed by atoms with van der Waals surface area (Å²) in [5, 5.41) is 22.4. The van der Waals surface area contributed by atoms with Crippen LogP contribution in [-0.2, 0) is 11.2 Å². The van der Waals surface area contributed by atoms with Crippen molar-refractivity contribution in [2.75, 3.05) is 33.7 Å². The highest BCUT2D eigenvalue weighted by Crippen LogP contribution is 2.28. The first kappa shape index (κ1) is 26.4. The highest BCUT2D eigenvalue weighted by atomic mass is 16.6. The van der Waals surface area contributed by atoms with Crippen molar-refractivity contribution in [3.8, 4) is 11.5 Å². The van der Waals surface area contributed by atoms with Gasteiger partial charge in [0.15, 0.2) is 11.5 Å². The fraction of sp³-hybridized carbons (Fsp3) is 0.227. The number of benzene rings is 2. The van der Waals surface area contributed by atoms with Gasteiger partial charge in [-0.3, -0.25) is 24.7 Å². The molecule has 0 atom stereocenters. The van der Waals surface area contributed by atoms with Crippen LogP contribution in [0.25, 0.3) is 0 Å². The number of amides is 1. The summed E-state index contributed by atoms with van der Waals surface area (Å²) in [4.78, 5) is 35.9. The molecule has 0 radical (unpaired) electrons. The Labute approximate surface area is 200 Å². The predicted molar refractivity (Wildman–Crippen MR) is 129 cm³/mol. The Kier molecular flexibility index (Phi) is 9.85. The summed E-state index contributed by atoms with van der Waals surface area (Å²) >= 11 is 0. The molecule has 0 aliphatic rings. The van der Waals surface area contributed by atoms with Gasteiger partial charge in [-0.2, -0.15) is 5.10 Å². The van der Waals surface area contributed by atoms with Gasteiger partial charge in [0, 0.05) is 32.6 Å². The third-order valence-corrected chi connectivity index (χ3v) is 4.28. The number of hydrogen-bond acceptors (Lipinski definition) is 10. The number of H-pyrrole nitrogens is 1. The topological polar surface area (TPSA) is 165 Å². The van der Waals surface area contributed by atoms with Crippen LogP contribution in [0, 0.1) is 10.1 Å². The van der Waals surface area contributed by atoms with Gasteiger partial charge in [-0.1, -0.05) is 6.07 Å². The molecule has 0 spiro atoms. The average molecular weight is 483 g/mol. The molecule has 0 aliphatic heterocycles. The van der Waals surface area contributed by atoms with Gasteiger partial charge in [-0.05, 0) is 35.4 Å². The zero-order valence-electron chi connectivity index (χ0n) is 19.6. The number of methoxy groups -OCH3 is 2. The molecule has 184 valence electrons. The number of hydrazone groups is 1. The Morgan fingerprint density at radius 1 is 1.11 bits per heavy atom. The number of nitrogens with zero attached hydrogens (tertiary/aromatic N) is 5. The molecule has 13 heteroatoms. The molecule has 13 nitrogen and oxygen atoms in total. The van der Waals surface area contributed by atoms with Crippen LogP contribution in [-0.4, -0.2) is 65.9 Å². The van der Waals surface area contributed by atoms with E-state index in [1.165, 1.54) is 30.4 Å². The first-order chi connectivity index (χ1) is 16.8. The third-order valence-electron chi connectivity index (χ3n) is 4.28. The number of nitrogens with one attached hydrogen (secondary N) is 2. The van der Waals surface area contributed by atoms with Crippen molar-refractivity contribution in [2.24, 2.45) is 5.10 Å². The number of anilines is 1. The molecule has 0 fully saturated rings. The molecule has 0 saturated carbocycles. The summed E-state index contributed by atoms with van der Waals surface area (Å²) in [7, 11) is 6.45. The minimum atomic E-state index is -0.483. The summed E-state index contributed by atoms with van der Waals surface area (Å²) in [6, 6.07) is 11.1. The smallest absolute Gasteiger partial charge is 0.274 e. The van der Waals surface area contributed by atoms with E-state index >= 15 is 0 Å². The molecule has 0 unspecified atom stereocenters. The van der Waals surface area contributed by atoms with E-state index in [0.717, 1.165) is 12.0 Å². The van der Waals surface area contributed by atoms with Gasteiger partial charge in [0.2, 0.25) is 12.4 Å². The zero-order valence-corrected chi connectivity index (χ0v) is 19.6. The van der Waals surface area contributed by atoms with Crippen LogP contribution in [0.4, 0.5) is 11.6 Å². The number of carbonyl (C=O) groups excluding carboxylic acids is 1. The van der Waals surface area contributed by atoms with Crippen molar-refractivity contribution in [3.63, 3.8) is 0 Å². The maximum absolute atomic E-state index is 12.3. The second kappa shape index (κ2) is 13.0. The van der Waals surface area contributed by atoms with Crippen molar-refractivity contribution in [1.82, 2.24) is 20.1 Å². The van der Waals surface area contributed by atoms with E-state index in [4.69, 9.17) is 9.47 Å². The van der Waals surface area contributed by atoms with Crippen LogP contribution in [0.2, 0.25) is 0 Å². The fourth-order valence-corrected chi connectivity index (χ4v) is 2.56. The molecule has 3 rings (SSSR count). The predicted octanol–water partition coefficient (Wildman–Crippen LogP) is 1.83. The van der Waals surface area contributed by atoms with Crippen molar-refractivity contribution in [1.29, 1.82) is 0 Å². The highest BCUT2D eigenvalue weighted by molar-refractivity contribution is 5.80. The Bertz CT molecular complexity index is 1230. The quantitative estimate of drug-likeness (QED) is 0.200. The van der Waals surface area contributed by atoms with Crippen molar-refractivity contribution >= 4 is 24.3 Å². The molecule has 35 heavy (non-hydrogen) atoms. The van der Waals surface area contributed by atoms with Crippen LogP contribution >= 0.6 is 0 Å². The van der Waals surface area contributed by atoms with E-state index in [1.807, 2.05) is 6.07 Å². The van der Waals surface area contributed by atoms with Gasteiger partial charge >= 0.3 is 0 Å². The lowest BCUT2D eigenvalue weighted by Crippen LogP contribution is -2.18. The van der Waals surface area contributed by atoms with E-state index in [9.17, 15) is 19.7 Å². The fourth-order valence-electron chi connectivity index (χ4n) is 2.56. The molecule has 1 aromatic heterocycles. The molecule has 0 aliphatic carbocycles. The number of hydrogen-bond donors (Lipinski definition) is 2. The molecule has 2 N–H and O–H groups in total. The maximum atomic E-state index is 12.3. The van der Waals surface area contributed by atoms with Gasteiger partial charge < -0.3 is 14.4 Å². The number of nitro groups is 1. The number of aromatic nitrogens is 3. The van der Waals surface area contributed by atoms with E-state index in [-0.39, 0.29) is 23.8 Å². The number of carbonyl (C=O) groups is 1. The Morgan fingerprint density at radius 2 is 1.77 bits per heavy atom. The molecular formula is C22H25N7O6. The molecule has 3 aromatic rings. The molecule has 0 saturated heterocycles. The zero-order chi connectivity index (χ0) is 25.8. The Morgan fingerprint density at radius 3 is 2.31 bits per heavy atom. The van der Waals surface area contributed by atoms with Crippen LogP contribution in [0.1, 0.15) is 16.8 Å². The summed E-state index contributed by atoms with van der Waals surface area (Å²) in [6.45, 7) is 0. The number of aromatic amines is 1. The van der Waals surface area contributed by atoms with Gasteiger partial charge in [-0.15, -0.1) is 10.2 Å². The minimum absolute atomic E-state index is 0.0135. The summed E-state index contributed by atoms with van der Waals surface area (Å²) in [6.07, 6.45) is 2.44. The maximum Gasteiger partial charge on any atom is 0.274 e. The number of ether oxygens (including phenoxy) is 2. The molecule has 0 bridgehead atoms. The molecule has 1 heterocycles. The number of non-ortho nitro benzene ring substituents is 1. The standard InChI is InChI=1S/C19H18N6O5.C3H7NO/c1-29-16-8-5-13(10-17(16)30-2)9-15-18(26)21-19(24-22-15)23-20-11-12-3-6-14(7-4-12)25(27)28;1-4(2)3-5/h3-8,10-11H,9H2,1-2H3,(H2,21,23,24,26);3H,1-2H3/b20-11+;. The number of nitro benzene ring substituents is 1. The van der Waals surface area contributed by atoms with E-state index in [2.05, 4.69) is 25.7 Å². The van der Waals surface area contributed by atoms with Crippen LogP contribution in [0.3, 0.4) is 0 Å². The summed E-state index contributed by atoms with van der Waals surface area (Å²) in [5.74, 6) is 1.21. The van der Waals surface area contributed by atoms with Crippen LogP contribution in [0.5, 0.6) is 11.5 Å². The largest absolute Gasteiger partial charge is 0.493 e. The lowest BCUT2D eigenvalue weighted by Gasteiger charge is -2.09. The first-order valence-corrected chi connectivity index (χ1v) is 10.1. The van der Waals surface area contributed by atoms with Gasteiger partial charge in [0.1, 0.15) is 5.69 Å². The molecule has 1 amide bonds. The van der Waals surface area contributed by atoms with Gasteiger partial charge in [-0.25, -0.2) is 5.43 Å². The lowest BCUT2D eigenvalue weighted by molar-refractivity contribution is -0.384. The SMILES string of the molecule is CN(C)C=O.COc1ccc(Cc2nnc(N/N=C/c3ccc([N+](=O)[O-])cc3)[nH]c2=O)cc1OC. The minimum Gasteiger partial charge on any atom is -0.493 e. The van der Waals surface area contributed by atoms with Gasteiger partial charge in [0.05, 0.1) is 25.4 Å². The van der Waals surface area contributed by atoms with Crippen molar-refractivity contribution in [2.45, 2.75) is 6.42 Å². The Hall–Kier alpha value is -4.81. The second-order valence-electron chi connectivity index (χ2n) is 7.10. The third kappa shape index (κ3) is 8.24. The first-order valence-electron chi connectivity index (χ1n) is 10.1.